The number of benzene rings is 1. The van der Waals surface area contributed by atoms with E-state index in [1.54, 1.807) is 12.1 Å². The van der Waals surface area contributed by atoms with Crippen LogP contribution in [0.5, 0.6) is 0 Å². The minimum absolute atomic E-state index is 0.00265. The maximum Gasteiger partial charge on any atom is 0.251 e. The number of rotatable bonds is 2. The Bertz CT molecular complexity index is 722. The van der Waals surface area contributed by atoms with E-state index in [0.717, 1.165) is 11.8 Å². The lowest BCUT2D eigenvalue weighted by molar-refractivity contribution is 0.0941. The molecule has 0 spiro atoms. The zero-order valence-corrected chi connectivity index (χ0v) is 11.9. The molecule has 3 rings (SSSR count). The zero-order chi connectivity index (χ0) is 15.0. The van der Waals surface area contributed by atoms with Crippen molar-refractivity contribution in [2.45, 2.75) is 12.8 Å². The van der Waals surface area contributed by atoms with E-state index >= 15 is 0 Å². The van der Waals surface area contributed by atoms with Crippen molar-refractivity contribution in [1.29, 1.82) is 0 Å². The SMILES string of the molecule is CC1CNC(=O)c2ccc(Nc3nc(Cl)ncc3F)cc21. The van der Waals surface area contributed by atoms with Crippen LogP contribution in [0.15, 0.2) is 24.4 Å². The van der Waals surface area contributed by atoms with Crippen LogP contribution in [0, 0.1) is 5.82 Å². The van der Waals surface area contributed by atoms with Gasteiger partial charge in [-0.2, -0.15) is 4.98 Å². The van der Waals surface area contributed by atoms with E-state index in [2.05, 4.69) is 20.6 Å². The van der Waals surface area contributed by atoms with Gasteiger partial charge in [0.25, 0.3) is 5.91 Å². The highest BCUT2D eigenvalue weighted by Crippen LogP contribution is 2.28. The summed E-state index contributed by atoms with van der Waals surface area (Å²) in [5, 5.41) is 5.64. The average molecular weight is 307 g/mol. The number of halogens is 2. The highest BCUT2D eigenvalue weighted by molar-refractivity contribution is 6.28. The van der Waals surface area contributed by atoms with Crippen LogP contribution in [0.25, 0.3) is 0 Å². The van der Waals surface area contributed by atoms with Gasteiger partial charge in [-0.15, -0.1) is 0 Å². The van der Waals surface area contributed by atoms with E-state index in [1.165, 1.54) is 0 Å². The second-order valence-corrected chi connectivity index (χ2v) is 5.21. The lowest BCUT2D eigenvalue weighted by Crippen LogP contribution is -2.33. The molecule has 7 heteroatoms. The Balaban J connectivity index is 1.95. The summed E-state index contributed by atoms with van der Waals surface area (Å²) >= 11 is 5.66. The van der Waals surface area contributed by atoms with Crippen LogP contribution >= 0.6 is 11.6 Å². The van der Waals surface area contributed by atoms with Gasteiger partial charge >= 0.3 is 0 Å². The zero-order valence-electron chi connectivity index (χ0n) is 11.2. The summed E-state index contributed by atoms with van der Waals surface area (Å²) in [4.78, 5) is 19.1. The summed E-state index contributed by atoms with van der Waals surface area (Å²) in [5.74, 6) is -0.491. The van der Waals surface area contributed by atoms with Crippen LogP contribution in [0.2, 0.25) is 5.28 Å². The van der Waals surface area contributed by atoms with Gasteiger partial charge in [-0.3, -0.25) is 4.79 Å². The topological polar surface area (TPSA) is 66.9 Å². The van der Waals surface area contributed by atoms with Gasteiger partial charge in [0.05, 0.1) is 6.20 Å². The highest BCUT2D eigenvalue weighted by atomic mass is 35.5. The maximum absolute atomic E-state index is 13.6. The number of amides is 1. The molecule has 1 aliphatic rings. The van der Waals surface area contributed by atoms with Crippen molar-refractivity contribution in [3.63, 3.8) is 0 Å². The number of nitrogens with one attached hydrogen (secondary N) is 2. The fourth-order valence-electron chi connectivity index (χ4n) is 2.28. The number of hydrogen-bond donors (Lipinski definition) is 2. The molecule has 0 saturated heterocycles. The molecule has 1 amide bonds. The third-order valence-corrected chi connectivity index (χ3v) is 3.56. The summed E-state index contributed by atoms with van der Waals surface area (Å²) in [6.45, 7) is 2.60. The summed E-state index contributed by atoms with van der Waals surface area (Å²) < 4.78 is 13.6. The monoisotopic (exact) mass is 306 g/mol. The Labute approximate surface area is 125 Å². The van der Waals surface area contributed by atoms with Gasteiger partial charge in [0, 0.05) is 17.8 Å². The van der Waals surface area contributed by atoms with Gasteiger partial charge in [0.2, 0.25) is 5.28 Å². The standard InChI is InChI=1S/C14H12ClFN4O/c1-7-5-17-13(21)9-3-2-8(4-10(7)9)19-12-11(16)6-18-14(15)20-12/h2-4,6-7H,5H2,1H3,(H,17,21)(H,18,19,20). The van der Waals surface area contributed by atoms with Crippen molar-refractivity contribution >= 4 is 29.0 Å². The third kappa shape index (κ3) is 2.67. The number of hydrogen-bond acceptors (Lipinski definition) is 4. The minimum Gasteiger partial charge on any atom is -0.351 e. The first-order valence-electron chi connectivity index (χ1n) is 6.42. The number of anilines is 2. The molecule has 2 N–H and O–H groups in total. The molecule has 21 heavy (non-hydrogen) atoms. The van der Waals surface area contributed by atoms with Crippen LogP contribution in [-0.4, -0.2) is 22.4 Å². The molecule has 0 saturated carbocycles. The van der Waals surface area contributed by atoms with Crippen molar-refractivity contribution in [3.05, 3.63) is 46.6 Å². The lowest BCUT2D eigenvalue weighted by atomic mass is 9.91. The van der Waals surface area contributed by atoms with Crippen molar-refractivity contribution in [2.75, 3.05) is 11.9 Å². The third-order valence-electron chi connectivity index (χ3n) is 3.37. The Morgan fingerprint density at radius 3 is 3.10 bits per heavy atom. The van der Waals surface area contributed by atoms with Crippen LogP contribution in [-0.2, 0) is 0 Å². The fraction of sp³-hybridized carbons (Fsp3) is 0.214. The molecule has 108 valence electrons. The Morgan fingerprint density at radius 1 is 1.48 bits per heavy atom. The molecule has 0 bridgehead atoms. The van der Waals surface area contributed by atoms with E-state index in [4.69, 9.17) is 11.6 Å². The first kappa shape index (κ1) is 13.8. The second kappa shape index (κ2) is 5.29. The molecule has 0 fully saturated rings. The lowest BCUT2D eigenvalue weighted by Gasteiger charge is -2.23. The van der Waals surface area contributed by atoms with Crippen LogP contribution in [0.4, 0.5) is 15.9 Å². The molecule has 0 aliphatic carbocycles. The van der Waals surface area contributed by atoms with Crippen LogP contribution < -0.4 is 10.6 Å². The Hall–Kier alpha value is -2.21. The van der Waals surface area contributed by atoms with Crippen molar-refractivity contribution in [1.82, 2.24) is 15.3 Å². The largest absolute Gasteiger partial charge is 0.351 e. The first-order chi connectivity index (χ1) is 10.0. The Kier molecular flexibility index (Phi) is 3.47. The molecule has 2 aromatic rings. The van der Waals surface area contributed by atoms with Crippen LogP contribution in [0.3, 0.4) is 0 Å². The van der Waals surface area contributed by atoms with Crippen LogP contribution in [0.1, 0.15) is 28.8 Å². The predicted molar refractivity (Wildman–Crippen MR) is 77.5 cm³/mol. The van der Waals surface area contributed by atoms with E-state index in [9.17, 15) is 9.18 Å². The van der Waals surface area contributed by atoms with Gasteiger partial charge < -0.3 is 10.6 Å². The quantitative estimate of drug-likeness (QED) is 0.837. The summed E-state index contributed by atoms with van der Waals surface area (Å²) in [5.41, 5.74) is 2.20. The molecule has 1 aromatic heterocycles. The summed E-state index contributed by atoms with van der Waals surface area (Å²) in [6.07, 6.45) is 1.01. The van der Waals surface area contributed by atoms with Gasteiger partial charge in [-0.1, -0.05) is 6.92 Å². The van der Waals surface area contributed by atoms with Gasteiger partial charge in [0.15, 0.2) is 11.6 Å². The van der Waals surface area contributed by atoms with E-state index in [1.807, 2.05) is 13.0 Å². The molecule has 1 atom stereocenters. The highest BCUT2D eigenvalue weighted by Gasteiger charge is 2.22. The smallest absolute Gasteiger partial charge is 0.251 e. The molecular weight excluding hydrogens is 295 g/mol. The van der Waals surface area contributed by atoms with Crippen molar-refractivity contribution < 1.29 is 9.18 Å². The molecular formula is C14H12ClFN4O. The number of nitrogens with zero attached hydrogens (tertiary/aromatic N) is 2. The van der Waals surface area contributed by atoms with E-state index in [0.29, 0.717) is 17.8 Å². The van der Waals surface area contributed by atoms with E-state index < -0.39 is 5.82 Å². The van der Waals surface area contributed by atoms with Crippen molar-refractivity contribution in [2.24, 2.45) is 0 Å². The molecule has 2 heterocycles. The van der Waals surface area contributed by atoms with Crippen molar-refractivity contribution in [3.8, 4) is 0 Å². The molecule has 1 aliphatic heterocycles. The minimum atomic E-state index is -0.595. The fourth-order valence-corrected chi connectivity index (χ4v) is 2.41. The molecule has 5 nitrogen and oxygen atoms in total. The predicted octanol–water partition coefficient (Wildman–Crippen LogP) is 2.86. The van der Waals surface area contributed by atoms with Gasteiger partial charge in [-0.25, -0.2) is 9.37 Å². The molecule has 1 aromatic carbocycles. The second-order valence-electron chi connectivity index (χ2n) is 4.87. The number of aromatic nitrogens is 2. The van der Waals surface area contributed by atoms with Gasteiger partial charge in [-0.05, 0) is 41.3 Å². The summed E-state index contributed by atoms with van der Waals surface area (Å²) in [6, 6.07) is 5.24. The number of carbonyl (C=O) groups excluding carboxylic acids is 1. The number of fused-ring (bicyclic) bond motifs is 1. The number of carbonyl (C=O) groups is 1. The first-order valence-corrected chi connectivity index (χ1v) is 6.79. The Morgan fingerprint density at radius 2 is 2.29 bits per heavy atom. The summed E-state index contributed by atoms with van der Waals surface area (Å²) in [7, 11) is 0. The molecule has 1 unspecified atom stereocenters. The van der Waals surface area contributed by atoms with Gasteiger partial charge in [0.1, 0.15) is 0 Å². The van der Waals surface area contributed by atoms with E-state index in [-0.39, 0.29) is 22.9 Å². The average Bonchev–Trinajstić information content (AvgIpc) is 2.47. The molecule has 0 radical (unpaired) electrons. The maximum atomic E-state index is 13.6. The normalized spacial score (nSPS) is 17.1.